The van der Waals surface area contributed by atoms with Crippen molar-refractivity contribution in [2.45, 2.75) is 13.0 Å². The molecular formula is C18H22N2O2. The number of carbonyl (C=O) groups excluding carboxylic acids is 1. The Morgan fingerprint density at radius 3 is 2.50 bits per heavy atom. The molecule has 2 aromatic carbocycles. The minimum absolute atomic E-state index is 0.0560. The van der Waals surface area contributed by atoms with Crippen LogP contribution >= 0.6 is 0 Å². The van der Waals surface area contributed by atoms with Gasteiger partial charge in [-0.1, -0.05) is 48.5 Å². The Morgan fingerprint density at radius 2 is 1.77 bits per heavy atom. The van der Waals surface area contributed by atoms with E-state index in [9.17, 15) is 4.79 Å². The number of methoxy groups -OCH3 is 1. The van der Waals surface area contributed by atoms with E-state index in [-0.39, 0.29) is 11.9 Å². The summed E-state index contributed by atoms with van der Waals surface area (Å²) in [7, 11) is 1.64. The highest BCUT2D eigenvalue weighted by Crippen LogP contribution is 2.27. The molecule has 0 aromatic heterocycles. The van der Waals surface area contributed by atoms with Crippen molar-refractivity contribution < 1.29 is 9.53 Å². The van der Waals surface area contributed by atoms with Crippen molar-refractivity contribution in [1.29, 1.82) is 0 Å². The third kappa shape index (κ3) is 4.41. The second-order valence-corrected chi connectivity index (χ2v) is 5.07. The fraction of sp³-hybridized carbons (Fsp3) is 0.278. The van der Waals surface area contributed by atoms with Crippen molar-refractivity contribution in [3.05, 3.63) is 54.6 Å². The van der Waals surface area contributed by atoms with Gasteiger partial charge in [0.25, 0.3) is 0 Å². The molecule has 1 unspecified atom stereocenters. The molecule has 0 spiro atoms. The number of hydrogen-bond donors (Lipinski definition) is 2. The monoisotopic (exact) mass is 298 g/mol. The van der Waals surface area contributed by atoms with Crippen LogP contribution in [0.1, 0.15) is 6.92 Å². The Balaban J connectivity index is 2.08. The standard InChI is InChI=1S/C18H22N2O2/c1-14(19-12-13-22-2)18(21)20-17-11-7-6-10-16(17)15-8-4-3-5-9-15/h3-11,14,19H,12-13H2,1-2H3,(H,20,21). The minimum atomic E-state index is -0.279. The summed E-state index contributed by atoms with van der Waals surface area (Å²) in [6, 6.07) is 17.6. The van der Waals surface area contributed by atoms with Crippen LogP contribution in [-0.2, 0) is 9.53 Å². The van der Waals surface area contributed by atoms with E-state index < -0.39 is 0 Å². The van der Waals surface area contributed by atoms with Crippen molar-refractivity contribution in [2.24, 2.45) is 0 Å². The highest BCUT2D eigenvalue weighted by Gasteiger charge is 2.14. The largest absolute Gasteiger partial charge is 0.383 e. The Hall–Kier alpha value is -2.17. The van der Waals surface area contributed by atoms with Gasteiger partial charge in [-0.05, 0) is 18.6 Å². The Kier molecular flexibility index (Phi) is 6.13. The number of anilines is 1. The Labute approximate surface area is 131 Å². The predicted molar refractivity (Wildman–Crippen MR) is 89.8 cm³/mol. The van der Waals surface area contributed by atoms with E-state index in [1.165, 1.54) is 0 Å². The maximum atomic E-state index is 12.3. The van der Waals surface area contributed by atoms with Crippen LogP contribution in [0.25, 0.3) is 11.1 Å². The van der Waals surface area contributed by atoms with E-state index in [0.717, 1.165) is 16.8 Å². The molecule has 0 fully saturated rings. The molecule has 0 radical (unpaired) electrons. The first-order chi connectivity index (χ1) is 10.7. The van der Waals surface area contributed by atoms with Gasteiger partial charge in [-0.15, -0.1) is 0 Å². The van der Waals surface area contributed by atoms with E-state index in [2.05, 4.69) is 10.6 Å². The summed E-state index contributed by atoms with van der Waals surface area (Å²) in [6.07, 6.45) is 0. The van der Waals surface area contributed by atoms with Crippen LogP contribution in [0.4, 0.5) is 5.69 Å². The van der Waals surface area contributed by atoms with Crippen LogP contribution in [0, 0.1) is 0 Å². The molecule has 4 nitrogen and oxygen atoms in total. The lowest BCUT2D eigenvalue weighted by Gasteiger charge is -2.16. The molecule has 2 N–H and O–H groups in total. The normalized spacial score (nSPS) is 11.9. The molecule has 1 amide bonds. The minimum Gasteiger partial charge on any atom is -0.383 e. The zero-order valence-corrected chi connectivity index (χ0v) is 13.0. The van der Waals surface area contributed by atoms with Gasteiger partial charge in [0.2, 0.25) is 5.91 Å². The Morgan fingerprint density at radius 1 is 1.09 bits per heavy atom. The molecule has 0 bridgehead atoms. The lowest BCUT2D eigenvalue weighted by molar-refractivity contribution is -0.117. The zero-order valence-electron chi connectivity index (χ0n) is 13.0. The third-order valence-electron chi connectivity index (χ3n) is 3.42. The number of nitrogens with one attached hydrogen (secondary N) is 2. The molecule has 2 rings (SSSR count). The summed E-state index contributed by atoms with van der Waals surface area (Å²) in [5.74, 6) is -0.0560. The molecule has 22 heavy (non-hydrogen) atoms. The van der Waals surface area contributed by atoms with Crippen LogP contribution < -0.4 is 10.6 Å². The quantitative estimate of drug-likeness (QED) is 0.773. The van der Waals surface area contributed by atoms with Crippen LogP contribution in [-0.4, -0.2) is 32.2 Å². The third-order valence-corrected chi connectivity index (χ3v) is 3.42. The van der Waals surface area contributed by atoms with Crippen LogP contribution in [0.3, 0.4) is 0 Å². The smallest absolute Gasteiger partial charge is 0.241 e. The average Bonchev–Trinajstić information content (AvgIpc) is 2.56. The number of carbonyl (C=O) groups is 1. The number of rotatable bonds is 7. The van der Waals surface area contributed by atoms with E-state index in [1.54, 1.807) is 7.11 Å². The molecule has 0 saturated carbocycles. The van der Waals surface area contributed by atoms with Gasteiger partial charge in [0.05, 0.1) is 12.6 Å². The van der Waals surface area contributed by atoms with Crippen molar-refractivity contribution in [3.8, 4) is 11.1 Å². The highest BCUT2D eigenvalue weighted by atomic mass is 16.5. The molecule has 4 heteroatoms. The van der Waals surface area contributed by atoms with Gasteiger partial charge >= 0.3 is 0 Å². The first-order valence-corrected chi connectivity index (χ1v) is 7.40. The van der Waals surface area contributed by atoms with Gasteiger partial charge < -0.3 is 15.4 Å². The number of ether oxygens (including phenoxy) is 1. The summed E-state index contributed by atoms with van der Waals surface area (Å²) < 4.78 is 4.97. The Bertz CT molecular complexity index is 599. The summed E-state index contributed by atoms with van der Waals surface area (Å²) in [4.78, 5) is 12.3. The SMILES string of the molecule is COCCNC(C)C(=O)Nc1ccccc1-c1ccccc1. The maximum Gasteiger partial charge on any atom is 0.241 e. The predicted octanol–water partition coefficient (Wildman–Crippen LogP) is 2.92. The van der Waals surface area contributed by atoms with E-state index in [1.807, 2.05) is 61.5 Å². The van der Waals surface area contributed by atoms with E-state index in [0.29, 0.717) is 13.2 Å². The first-order valence-electron chi connectivity index (χ1n) is 7.40. The maximum absolute atomic E-state index is 12.3. The second kappa shape index (κ2) is 8.32. The molecule has 0 heterocycles. The average molecular weight is 298 g/mol. The number of para-hydroxylation sites is 1. The van der Waals surface area contributed by atoms with Gasteiger partial charge in [0.15, 0.2) is 0 Å². The molecule has 0 aliphatic rings. The van der Waals surface area contributed by atoms with Gasteiger partial charge in [0.1, 0.15) is 0 Å². The summed E-state index contributed by atoms with van der Waals surface area (Å²) >= 11 is 0. The first kappa shape index (κ1) is 16.2. The van der Waals surface area contributed by atoms with Gasteiger partial charge in [0, 0.05) is 24.9 Å². The molecular weight excluding hydrogens is 276 g/mol. The lowest BCUT2D eigenvalue weighted by atomic mass is 10.0. The van der Waals surface area contributed by atoms with Crippen molar-refractivity contribution in [2.75, 3.05) is 25.6 Å². The lowest BCUT2D eigenvalue weighted by Crippen LogP contribution is -2.39. The van der Waals surface area contributed by atoms with Gasteiger partial charge in [-0.2, -0.15) is 0 Å². The van der Waals surface area contributed by atoms with Crippen LogP contribution in [0.5, 0.6) is 0 Å². The zero-order chi connectivity index (χ0) is 15.8. The van der Waals surface area contributed by atoms with Crippen LogP contribution in [0.15, 0.2) is 54.6 Å². The van der Waals surface area contributed by atoms with Crippen molar-refractivity contribution in [3.63, 3.8) is 0 Å². The van der Waals surface area contributed by atoms with E-state index >= 15 is 0 Å². The molecule has 0 aliphatic carbocycles. The van der Waals surface area contributed by atoms with E-state index in [4.69, 9.17) is 4.74 Å². The summed E-state index contributed by atoms with van der Waals surface area (Å²) in [6.45, 7) is 3.07. The van der Waals surface area contributed by atoms with Gasteiger partial charge in [-0.25, -0.2) is 0 Å². The fourth-order valence-corrected chi connectivity index (χ4v) is 2.17. The second-order valence-electron chi connectivity index (χ2n) is 5.07. The fourth-order valence-electron chi connectivity index (χ4n) is 2.17. The molecule has 2 aromatic rings. The molecule has 0 saturated heterocycles. The number of amides is 1. The van der Waals surface area contributed by atoms with Crippen LogP contribution in [0.2, 0.25) is 0 Å². The van der Waals surface area contributed by atoms with Gasteiger partial charge in [-0.3, -0.25) is 4.79 Å². The molecule has 116 valence electrons. The number of hydrogen-bond acceptors (Lipinski definition) is 3. The topological polar surface area (TPSA) is 50.4 Å². The molecule has 1 atom stereocenters. The summed E-state index contributed by atoms with van der Waals surface area (Å²) in [5, 5.41) is 6.12. The van der Waals surface area contributed by atoms with Crippen molar-refractivity contribution in [1.82, 2.24) is 5.32 Å². The molecule has 0 aliphatic heterocycles. The van der Waals surface area contributed by atoms with Crippen molar-refractivity contribution >= 4 is 11.6 Å². The highest BCUT2D eigenvalue weighted by molar-refractivity contribution is 5.98. The summed E-state index contributed by atoms with van der Waals surface area (Å²) in [5.41, 5.74) is 2.91. The number of benzene rings is 2.